The van der Waals surface area contributed by atoms with Crippen LogP contribution in [-0.2, 0) is 9.59 Å². The number of amides is 1. The number of carbonyl (C=O) groups is 2. The third kappa shape index (κ3) is 0.838. The Morgan fingerprint density at radius 2 is 2.42 bits per heavy atom. The van der Waals surface area contributed by atoms with Gasteiger partial charge >= 0.3 is 5.97 Å². The molecular weight excluding hydrogens is 158 g/mol. The molecule has 4 heteroatoms. The molecule has 2 N–H and O–H groups in total. The number of nitrogens with one attached hydrogen (secondary N) is 1. The van der Waals surface area contributed by atoms with Crippen LogP contribution in [0.15, 0.2) is 0 Å². The Labute approximate surface area is 69.9 Å². The molecule has 0 bridgehead atoms. The van der Waals surface area contributed by atoms with Gasteiger partial charge in [-0.25, -0.2) is 0 Å². The maximum atomic E-state index is 11.3. The van der Waals surface area contributed by atoms with E-state index in [1.54, 1.807) is 0 Å². The summed E-state index contributed by atoms with van der Waals surface area (Å²) in [5, 5.41) is 11.4. The first-order valence-corrected chi connectivity index (χ1v) is 4.18. The topological polar surface area (TPSA) is 66.4 Å². The Morgan fingerprint density at radius 1 is 1.67 bits per heavy atom. The van der Waals surface area contributed by atoms with Gasteiger partial charge in [0, 0.05) is 6.54 Å². The second-order valence-electron chi connectivity index (χ2n) is 3.61. The van der Waals surface area contributed by atoms with E-state index in [1.807, 2.05) is 0 Å². The summed E-state index contributed by atoms with van der Waals surface area (Å²) in [6.45, 7) is 0.701. The van der Waals surface area contributed by atoms with Gasteiger partial charge in [0.15, 0.2) is 0 Å². The van der Waals surface area contributed by atoms with E-state index >= 15 is 0 Å². The molecule has 12 heavy (non-hydrogen) atoms. The highest BCUT2D eigenvalue weighted by Gasteiger charge is 2.63. The van der Waals surface area contributed by atoms with Gasteiger partial charge in [-0.3, -0.25) is 9.59 Å². The van der Waals surface area contributed by atoms with Crippen LogP contribution in [0.4, 0.5) is 0 Å². The van der Waals surface area contributed by atoms with Crippen LogP contribution >= 0.6 is 0 Å². The Morgan fingerprint density at radius 3 is 2.92 bits per heavy atom. The fourth-order valence-corrected chi connectivity index (χ4v) is 2.05. The molecule has 1 saturated carbocycles. The lowest BCUT2D eigenvalue weighted by atomic mass is 9.93. The number of hydrogen-bond donors (Lipinski definition) is 2. The Hall–Kier alpha value is -1.06. The number of carboxylic acid groups (broad SMARTS) is 1. The second-order valence-corrected chi connectivity index (χ2v) is 3.61. The predicted octanol–water partition coefficient (Wildman–Crippen LogP) is -0.0127. The van der Waals surface area contributed by atoms with Crippen LogP contribution in [-0.4, -0.2) is 23.5 Å². The standard InChI is InChI=1S/C8H11NO3/c10-6(11)5-4-8(5)2-1-3-9-7(8)12/h5H,1-4H2,(H,9,12)(H,10,11). The summed E-state index contributed by atoms with van der Waals surface area (Å²) in [5.74, 6) is -1.30. The van der Waals surface area contributed by atoms with Gasteiger partial charge < -0.3 is 10.4 Å². The first-order chi connectivity index (χ1) is 5.67. The summed E-state index contributed by atoms with van der Waals surface area (Å²) < 4.78 is 0. The van der Waals surface area contributed by atoms with Gasteiger partial charge in [0.05, 0.1) is 11.3 Å². The first-order valence-electron chi connectivity index (χ1n) is 4.18. The van der Waals surface area contributed by atoms with Crippen molar-refractivity contribution in [1.82, 2.24) is 5.32 Å². The average Bonchev–Trinajstić information content (AvgIpc) is 2.72. The third-order valence-electron chi connectivity index (χ3n) is 2.91. The highest BCUT2D eigenvalue weighted by Crippen LogP contribution is 2.57. The van der Waals surface area contributed by atoms with E-state index in [0.29, 0.717) is 13.0 Å². The van der Waals surface area contributed by atoms with Gasteiger partial charge in [0.25, 0.3) is 0 Å². The number of rotatable bonds is 1. The van der Waals surface area contributed by atoms with Crippen molar-refractivity contribution in [2.45, 2.75) is 19.3 Å². The Balaban J connectivity index is 2.13. The van der Waals surface area contributed by atoms with Crippen LogP contribution in [0.5, 0.6) is 0 Å². The van der Waals surface area contributed by atoms with Crippen molar-refractivity contribution < 1.29 is 14.7 Å². The molecule has 1 saturated heterocycles. The van der Waals surface area contributed by atoms with E-state index < -0.39 is 17.3 Å². The summed E-state index contributed by atoms with van der Waals surface area (Å²) in [6, 6.07) is 0. The molecular formula is C8H11NO3. The molecule has 0 aromatic rings. The maximum Gasteiger partial charge on any atom is 0.307 e. The summed E-state index contributed by atoms with van der Waals surface area (Å²) in [4.78, 5) is 21.9. The Kier molecular flexibility index (Phi) is 1.40. The number of hydrogen-bond acceptors (Lipinski definition) is 2. The lowest BCUT2D eigenvalue weighted by molar-refractivity contribution is -0.142. The fraction of sp³-hybridized carbons (Fsp3) is 0.750. The minimum absolute atomic E-state index is 0.0545. The largest absolute Gasteiger partial charge is 0.481 e. The maximum absolute atomic E-state index is 11.3. The molecule has 0 radical (unpaired) electrons. The van der Waals surface area contributed by atoms with Crippen molar-refractivity contribution in [1.29, 1.82) is 0 Å². The van der Waals surface area contributed by atoms with Crippen LogP contribution in [0.3, 0.4) is 0 Å². The zero-order valence-corrected chi connectivity index (χ0v) is 6.67. The number of carbonyl (C=O) groups excluding carboxylic acids is 1. The predicted molar refractivity (Wildman–Crippen MR) is 40.4 cm³/mol. The lowest BCUT2D eigenvalue weighted by Crippen LogP contribution is -2.39. The number of carboxylic acids is 1. The molecule has 2 fully saturated rings. The van der Waals surface area contributed by atoms with E-state index in [9.17, 15) is 9.59 Å². The van der Waals surface area contributed by atoms with Crippen LogP contribution in [0.25, 0.3) is 0 Å². The van der Waals surface area contributed by atoms with E-state index in [1.165, 1.54) is 0 Å². The Bertz CT molecular complexity index is 251. The van der Waals surface area contributed by atoms with Crippen LogP contribution in [0, 0.1) is 11.3 Å². The first kappa shape index (κ1) is 7.58. The van der Waals surface area contributed by atoms with E-state index in [2.05, 4.69) is 5.32 Å². The molecule has 1 aliphatic carbocycles. The highest BCUT2D eigenvalue weighted by atomic mass is 16.4. The molecule has 0 aromatic heterocycles. The van der Waals surface area contributed by atoms with Crippen LogP contribution < -0.4 is 5.32 Å². The monoisotopic (exact) mass is 169 g/mol. The van der Waals surface area contributed by atoms with Crippen molar-refractivity contribution in [2.24, 2.45) is 11.3 Å². The SMILES string of the molecule is O=C(O)C1CC12CCCNC2=O. The summed E-state index contributed by atoms with van der Waals surface area (Å²) in [7, 11) is 0. The van der Waals surface area contributed by atoms with E-state index in [4.69, 9.17) is 5.11 Å². The van der Waals surface area contributed by atoms with E-state index in [0.717, 1.165) is 12.8 Å². The highest BCUT2D eigenvalue weighted by molar-refractivity contribution is 5.93. The summed E-state index contributed by atoms with van der Waals surface area (Å²) in [6.07, 6.45) is 2.19. The van der Waals surface area contributed by atoms with Crippen molar-refractivity contribution in [3.8, 4) is 0 Å². The molecule has 2 unspecified atom stereocenters. The van der Waals surface area contributed by atoms with Crippen molar-refractivity contribution in [2.75, 3.05) is 6.54 Å². The van der Waals surface area contributed by atoms with Crippen LogP contribution in [0.2, 0.25) is 0 Å². The summed E-state index contributed by atoms with van der Waals surface area (Å²) >= 11 is 0. The van der Waals surface area contributed by atoms with Crippen molar-refractivity contribution in [3.63, 3.8) is 0 Å². The molecule has 2 rings (SSSR count). The molecule has 4 nitrogen and oxygen atoms in total. The zero-order chi connectivity index (χ0) is 8.77. The molecule has 1 amide bonds. The van der Waals surface area contributed by atoms with Gasteiger partial charge in [-0.1, -0.05) is 0 Å². The molecule has 1 heterocycles. The van der Waals surface area contributed by atoms with E-state index in [-0.39, 0.29) is 5.91 Å². The lowest BCUT2D eigenvalue weighted by Gasteiger charge is -2.21. The zero-order valence-electron chi connectivity index (χ0n) is 6.67. The fourth-order valence-electron chi connectivity index (χ4n) is 2.05. The van der Waals surface area contributed by atoms with Crippen LogP contribution in [0.1, 0.15) is 19.3 Å². The molecule has 1 aliphatic heterocycles. The van der Waals surface area contributed by atoms with Gasteiger partial charge in [-0.15, -0.1) is 0 Å². The molecule has 66 valence electrons. The van der Waals surface area contributed by atoms with Gasteiger partial charge in [-0.05, 0) is 19.3 Å². The molecule has 0 aromatic carbocycles. The van der Waals surface area contributed by atoms with Gasteiger partial charge in [0.1, 0.15) is 0 Å². The second kappa shape index (κ2) is 2.21. The van der Waals surface area contributed by atoms with Gasteiger partial charge in [-0.2, -0.15) is 0 Å². The quantitative estimate of drug-likeness (QED) is 0.580. The molecule has 1 spiro atoms. The van der Waals surface area contributed by atoms with Crippen molar-refractivity contribution in [3.05, 3.63) is 0 Å². The third-order valence-corrected chi connectivity index (χ3v) is 2.91. The van der Waals surface area contributed by atoms with Gasteiger partial charge in [0.2, 0.25) is 5.91 Å². The average molecular weight is 169 g/mol. The minimum Gasteiger partial charge on any atom is -0.481 e. The molecule has 2 aliphatic rings. The summed E-state index contributed by atoms with van der Waals surface area (Å²) in [5.41, 5.74) is -0.524. The molecule has 2 atom stereocenters. The van der Waals surface area contributed by atoms with Crippen molar-refractivity contribution >= 4 is 11.9 Å². The smallest absolute Gasteiger partial charge is 0.307 e. The number of piperidine rings is 1. The number of aliphatic carboxylic acids is 1. The normalized spacial score (nSPS) is 39.3. The minimum atomic E-state index is -0.827.